The molecule has 0 saturated carbocycles. The normalized spacial score (nSPS) is 16.3. The number of hydrogen-bond acceptors (Lipinski definition) is 4. The number of halogens is 2. The van der Waals surface area contributed by atoms with Crippen molar-refractivity contribution in [2.75, 3.05) is 39.9 Å². The summed E-state index contributed by atoms with van der Waals surface area (Å²) in [6.07, 6.45) is 0. The van der Waals surface area contributed by atoms with Crippen LogP contribution in [-0.4, -0.2) is 44.8 Å². The Bertz CT molecular complexity index is 749. The minimum Gasteiger partial charge on any atom is -0.493 e. The summed E-state index contributed by atoms with van der Waals surface area (Å²) >= 11 is 0. The molecule has 1 aliphatic rings. The molecule has 6 heteroatoms. The molecule has 1 fully saturated rings. The first kappa shape index (κ1) is 18.6. The number of hydrogen-bond donors (Lipinski definition) is 1. The van der Waals surface area contributed by atoms with Gasteiger partial charge in [-0.15, -0.1) is 0 Å². The predicted molar refractivity (Wildman–Crippen MR) is 96.8 cm³/mol. The van der Waals surface area contributed by atoms with Crippen LogP contribution in [0.1, 0.15) is 24.1 Å². The highest BCUT2D eigenvalue weighted by atomic mass is 19.1. The standard InChI is InChI=1S/C20H24F2N2O2/c1-3-26-19-12-14(4-7-18(19)25-2)20(24-10-8-23-9-11-24)16-6-5-15(21)13-17(16)22/h4-7,12-13,20,23H,3,8-11H2,1-2H3. The first-order chi connectivity index (χ1) is 12.6. The van der Waals surface area contributed by atoms with E-state index in [2.05, 4.69) is 10.2 Å². The van der Waals surface area contributed by atoms with Gasteiger partial charge in [0.1, 0.15) is 11.6 Å². The third-order valence-corrected chi connectivity index (χ3v) is 4.58. The second-order valence-electron chi connectivity index (χ2n) is 6.20. The Balaban J connectivity index is 2.06. The molecule has 1 unspecified atom stereocenters. The van der Waals surface area contributed by atoms with E-state index in [4.69, 9.17) is 9.47 Å². The Morgan fingerprint density at radius 3 is 2.50 bits per heavy atom. The summed E-state index contributed by atoms with van der Waals surface area (Å²) in [5, 5.41) is 3.31. The molecule has 0 radical (unpaired) electrons. The lowest BCUT2D eigenvalue weighted by atomic mass is 9.95. The lowest BCUT2D eigenvalue weighted by Gasteiger charge is -2.36. The first-order valence-electron chi connectivity index (χ1n) is 8.84. The molecule has 1 atom stereocenters. The van der Waals surface area contributed by atoms with Crippen LogP contribution < -0.4 is 14.8 Å². The van der Waals surface area contributed by atoms with Crippen molar-refractivity contribution in [1.29, 1.82) is 0 Å². The van der Waals surface area contributed by atoms with Gasteiger partial charge in [-0.1, -0.05) is 12.1 Å². The molecule has 2 aromatic rings. The van der Waals surface area contributed by atoms with Crippen LogP contribution in [0.2, 0.25) is 0 Å². The van der Waals surface area contributed by atoms with Crippen LogP contribution in [0.15, 0.2) is 36.4 Å². The fourth-order valence-electron chi connectivity index (χ4n) is 3.38. The first-order valence-corrected chi connectivity index (χ1v) is 8.84. The summed E-state index contributed by atoms with van der Waals surface area (Å²) in [6.45, 7) is 5.61. The number of nitrogens with zero attached hydrogens (tertiary/aromatic N) is 1. The van der Waals surface area contributed by atoms with Gasteiger partial charge in [0.05, 0.1) is 19.8 Å². The van der Waals surface area contributed by atoms with Crippen molar-refractivity contribution in [3.8, 4) is 11.5 Å². The fraction of sp³-hybridized carbons (Fsp3) is 0.400. The zero-order valence-corrected chi connectivity index (χ0v) is 15.1. The van der Waals surface area contributed by atoms with Gasteiger partial charge < -0.3 is 14.8 Å². The van der Waals surface area contributed by atoms with E-state index in [-0.39, 0.29) is 6.04 Å². The highest BCUT2D eigenvalue weighted by molar-refractivity contribution is 5.46. The van der Waals surface area contributed by atoms with E-state index in [1.807, 2.05) is 25.1 Å². The number of methoxy groups -OCH3 is 1. The van der Waals surface area contributed by atoms with Crippen LogP contribution >= 0.6 is 0 Å². The lowest BCUT2D eigenvalue weighted by molar-refractivity contribution is 0.194. The van der Waals surface area contributed by atoms with Gasteiger partial charge in [0.2, 0.25) is 0 Å². The summed E-state index contributed by atoms with van der Waals surface area (Å²) in [4.78, 5) is 2.20. The summed E-state index contributed by atoms with van der Waals surface area (Å²) in [5.74, 6) is 0.141. The van der Waals surface area contributed by atoms with E-state index in [1.54, 1.807) is 7.11 Å². The van der Waals surface area contributed by atoms with Crippen LogP contribution in [0.25, 0.3) is 0 Å². The highest BCUT2D eigenvalue weighted by Crippen LogP contribution is 2.36. The van der Waals surface area contributed by atoms with Crippen molar-refractivity contribution >= 4 is 0 Å². The maximum atomic E-state index is 14.6. The third-order valence-electron chi connectivity index (χ3n) is 4.58. The topological polar surface area (TPSA) is 33.7 Å². The Morgan fingerprint density at radius 2 is 1.85 bits per heavy atom. The average Bonchev–Trinajstić information content (AvgIpc) is 2.65. The summed E-state index contributed by atoms with van der Waals surface area (Å²) in [5.41, 5.74) is 1.35. The minimum absolute atomic E-state index is 0.317. The molecule has 0 spiro atoms. The Kier molecular flexibility index (Phi) is 6.06. The lowest BCUT2D eigenvalue weighted by Crippen LogP contribution is -2.45. The average molecular weight is 362 g/mol. The van der Waals surface area contributed by atoms with Crippen LogP contribution in [0.4, 0.5) is 8.78 Å². The van der Waals surface area contributed by atoms with Crippen molar-refractivity contribution in [2.45, 2.75) is 13.0 Å². The molecule has 1 aliphatic heterocycles. The molecule has 1 saturated heterocycles. The summed E-state index contributed by atoms with van der Waals surface area (Å²) < 4.78 is 39.0. The Labute approximate surface area is 152 Å². The Hall–Kier alpha value is -2.18. The van der Waals surface area contributed by atoms with Crippen molar-refractivity contribution < 1.29 is 18.3 Å². The van der Waals surface area contributed by atoms with Crippen molar-refractivity contribution in [3.63, 3.8) is 0 Å². The van der Waals surface area contributed by atoms with E-state index < -0.39 is 11.6 Å². The quantitative estimate of drug-likeness (QED) is 0.854. The molecule has 0 amide bonds. The molecule has 4 nitrogen and oxygen atoms in total. The number of ether oxygens (including phenoxy) is 2. The van der Waals surface area contributed by atoms with E-state index in [0.717, 1.165) is 37.8 Å². The van der Waals surface area contributed by atoms with Crippen LogP contribution in [0, 0.1) is 11.6 Å². The molecular formula is C20H24F2N2O2. The Morgan fingerprint density at radius 1 is 1.08 bits per heavy atom. The molecule has 3 rings (SSSR count). The fourth-order valence-corrected chi connectivity index (χ4v) is 3.38. The number of rotatable bonds is 6. The van der Waals surface area contributed by atoms with Crippen LogP contribution in [0.5, 0.6) is 11.5 Å². The molecule has 0 aromatic heterocycles. The highest BCUT2D eigenvalue weighted by Gasteiger charge is 2.27. The van der Waals surface area contributed by atoms with Gasteiger partial charge in [0.25, 0.3) is 0 Å². The molecular weight excluding hydrogens is 338 g/mol. The molecule has 26 heavy (non-hydrogen) atoms. The molecule has 0 bridgehead atoms. The maximum Gasteiger partial charge on any atom is 0.161 e. The van der Waals surface area contributed by atoms with Gasteiger partial charge in [0, 0.05) is 37.8 Å². The van der Waals surface area contributed by atoms with Gasteiger partial charge in [0.15, 0.2) is 11.5 Å². The summed E-state index contributed by atoms with van der Waals surface area (Å²) in [6, 6.07) is 9.09. The third kappa shape index (κ3) is 3.97. The van der Waals surface area contributed by atoms with E-state index in [0.29, 0.717) is 23.7 Å². The molecule has 2 aromatic carbocycles. The molecule has 140 valence electrons. The van der Waals surface area contributed by atoms with Crippen LogP contribution in [0.3, 0.4) is 0 Å². The zero-order valence-electron chi connectivity index (χ0n) is 15.1. The number of piperazine rings is 1. The van der Waals surface area contributed by atoms with Crippen molar-refractivity contribution in [1.82, 2.24) is 10.2 Å². The minimum atomic E-state index is -0.574. The van der Waals surface area contributed by atoms with E-state index >= 15 is 0 Å². The summed E-state index contributed by atoms with van der Waals surface area (Å²) in [7, 11) is 1.59. The smallest absolute Gasteiger partial charge is 0.161 e. The molecule has 0 aliphatic carbocycles. The van der Waals surface area contributed by atoms with Gasteiger partial charge in [-0.2, -0.15) is 0 Å². The van der Waals surface area contributed by atoms with Gasteiger partial charge in [-0.3, -0.25) is 4.90 Å². The number of benzene rings is 2. The second kappa shape index (κ2) is 8.47. The molecule has 1 N–H and O–H groups in total. The number of nitrogens with one attached hydrogen (secondary N) is 1. The van der Waals surface area contributed by atoms with E-state index in [1.165, 1.54) is 12.1 Å². The molecule has 1 heterocycles. The van der Waals surface area contributed by atoms with Gasteiger partial charge in [-0.25, -0.2) is 8.78 Å². The zero-order chi connectivity index (χ0) is 18.5. The maximum absolute atomic E-state index is 14.6. The SMILES string of the molecule is CCOc1cc(C(c2ccc(F)cc2F)N2CCNCC2)ccc1OC. The largest absolute Gasteiger partial charge is 0.493 e. The van der Waals surface area contributed by atoms with E-state index in [9.17, 15) is 8.78 Å². The monoisotopic (exact) mass is 362 g/mol. The van der Waals surface area contributed by atoms with Crippen LogP contribution in [-0.2, 0) is 0 Å². The second-order valence-corrected chi connectivity index (χ2v) is 6.20. The van der Waals surface area contributed by atoms with Crippen molar-refractivity contribution in [2.24, 2.45) is 0 Å². The van der Waals surface area contributed by atoms with Gasteiger partial charge in [-0.05, 0) is 30.7 Å². The predicted octanol–water partition coefficient (Wildman–Crippen LogP) is 3.37. The van der Waals surface area contributed by atoms with Crippen molar-refractivity contribution in [3.05, 3.63) is 59.2 Å². The van der Waals surface area contributed by atoms with Gasteiger partial charge >= 0.3 is 0 Å².